The van der Waals surface area contributed by atoms with Gasteiger partial charge in [-0.05, 0) is 19.1 Å². The molecule has 1 aromatic carbocycles. The molecular weight excluding hydrogens is 286 g/mol. The summed E-state index contributed by atoms with van der Waals surface area (Å²) in [5, 5.41) is 6.84. The summed E-state index contributed by atoms with van der Waals surface area (Å²) in [6.07, 6.45) is 6.87. The number of para-hydroxylation sites is 1. The molecule has 0 amide bonds. The van der Waals surface area contributed by atoms with E-state index < -0.39 is 0 Å². The Bertz CT molecular complexity index is 674. The lowest BCUT2D eigenvalue weighted by Crippen LogP contribution is -2.01. The SMILES string of the molecule is C#CCOc1c(C=NNc2nc(C)cs2)cccc1OC. The first-order valence-electron chi connectivity index (χ1n) is 6.19. The van der Waals surface area contributed by atoms with Crippen molar-refractivity contribution in [1.29, 1.82) is 0 Å². The summed E-state index contributed by atoms with van der Waals surface area (Å²) >= 11 is 1.49. The highest BCUT2D eigenvalue weighted by molar-refractivity contribution is 7.13. The molecule has 0 saturated carbocycles. The molecule has 0 aliphatic rings. The van der Waals surface area contributed by atoms with E-state index in [0.29, 0.717) is 11.5 Å². The van der Waals surface area contributed by atoms with E-state index in [4.69, 9.17) is 15.9 Å². The topological polar surface area (TPSA) is 55.7 Å². The number of thiazole rings is 1. The van der Waals surface area contributed by atoms with Crippen LogP contribution in [0.1, 0.15) is 11.3 Å². The van der Waals surface area contributed by atoms with Gasteiger partial charge in [-0.1, -0.05) is 12.0 Å². The van der Waals surface area contributed by atoms with E-state index in [1.165, 1.54) is 11.3 Å². The van der Waals surface area contributed by atoms with Crippen LogP contribution in [0.25, 0.3) is 0 Å². The monoisotopic (exact) mass is 301 g/mol. The Morgan fingerprint density at radius 3 is 3.05 bits per heavy atom. The number of nitrogens with one attached hydrogen (secondary N) is 1. The number of nitrogens with zero attached hydrogens (tertiary/aromatic N) is 2. The van der Waals surface area contributed by atoms with Crippen molar-refractivity contribution in [3.05, 3.63) is 34.8 Å². The summed E-state index contributed by atoms with van der Waals surface area (Å²) in [5.74, 6) is 3.61. The van der Waals surface area contributed by atoms with Gasteiger partial charge in [0.2, 0.25) is 5.13 Å². The van der Waals surface area contributed by atoms with Gasteiger partial charge in [0, 0.05) is 10.9 Å². The van der Waals surface area contributed by atoms with Gasteiger partial charge in [-0.25, -0.2) is 4.98 Å². The van der Waals surface area contributed by atoms with Crippen molar-refractivity contribution >= 4 is 22.7 Å². The molecule has 0 spiro atoms. The number of hydrogen-bond donors (Lipinski definition) is 1. The quantitative estimate of drug-likeness (QED) is 0.506. The van der Waals surface area contributed by atoms with Crippen LogP contribution >= 0.6 is 11.3 Å². The molecule has 1 heterocycles. The Morgan fingerprint density at radius 1 is 1.52 bits per heavy atom. The fraction of sp³-hybridized carbons (Fsp3) is 0.200. The fourth-order valence-corrected chi connectivity index (χ4v) is 2.26. The molecule has 0 radical (unpaired) electrons. The summed E-state index contributed by atoms with van der Waals surface area (Å²) in [6.45, 7) is 2.10. The van der Waals surface area contributed by atoms with E-state index in [0.717, 1.165) is 16.4 Å². The lowest BCUT2D eigenvalue weighted by molar-refractivity contribution is 0.330. The molecule has 6 heteroatoms. The summed E-state index contributed by atoms with van der Waals surface area (Å²) in [7, 11) is 1.58. The van der Waals surface area contributed by atoms with E-state index in [1.54, 1.807) is 19.4 Å². The minimum Gasteiger partial charge on any atom is -0.493 e. The zero-order chi connectivity index (χ0) is 15.1. The Hall–Kier alpha value is -2.52. The predicted octanol–water partition coefficient (Wildman–Crippen LogP) is 2.92. The van der Waals surface area contributed by atoms with E-state index in [9.17, 15) is 0 Å². The zero-order valence-corrected chi connectivity index (χ0v) is 12.6. The van der Waals surface area contributed by atoms with Crippen molar-refractivity contribution < 1.29 is 9.47 Å². The number of hydrazone groups is 1. The van der Waals surface area contributed by atoms with Gasteiger partial charge >= 0.3 is 0 Å². The average molecular weight is 301 g/mol. The lowest BCUT2D eigenvalue weighted by Gasteiger charge is -2.10. The van der Waals surface area contributed by atoms with Crippen molar-refractivity contribution in [2.75, 3.05) is 19.1 Å². The molecule has 0 fully saturated rings. The summed E-state index contributed by atoms with van der Waals surface area (Å²) in [5.41, 5.74) is 4.60. The van der Waals surface area contributed by atoms with Gasteiger partial charge in [-0.15, -0.1) is 17.8 Å². The van der Waals surface area contributed by atoms with E-state index in [1.807, 2.05) is 24.4 Å². The maximum Gasteiger partial charge on any atom is 0.203 e. The highest BCUT2D eigenvalue weighted by Gasteiger charge is 2.08. The zero-order valence-electron chi connectivity index (χ0n) is 11.8. The molecule has 1 N–H and O–H groups in total. The van der Waals surface area contributed by atoms with Crippen molar-refractivity contribution in [2.45, 2.75) is 6.92 Å². The maximum atomic E-state index is 5.52. The van der Waals surface area contributed by atoms with Crippen LogP contribution < -0.4 is 14.9 Å². The highest BCUT2D eigenvalue weighted by atomic mass is 32.1. The smallest absolute Gasteiger partial charge is 0.203 e. The largest absolute Gasteiger partial charge is 0.493 e. The van der Waals surface area contributed by atoms with Crippen LogP contribution in [0.4, 0.5) is 5.13 Å². The number of benzene rings is 1. The highest BCUT2D eigenvalue weighted by Crippen LogP contribution is 2.30. The van der Waals surface area contributed by atoms with E-state index in [2.05, 4.69) is 21.4 Å². The van der Waals surface area contributed by atoms with Crippen molar-refractivity contribution in [3.63, 3.8) is 0 Å². The molecular formula is C15H15N3O2S. The third-order valence-corrected chi connectivity index (χ3v) is 3.38. The third kappa shape index (κ3) is 3.97. The number of methoxy groups -OCH3 is 1. The molecule has 0 aliphatic heterocycles. The van der Waals surface area contributed by atoms with E-state index in [-0.39, 0.29) is 6.61 Å². The third-order valence-electron chi connectivity index (χ3n) is 2.51. The fourth-order valence-electron chi connectivity index (χ4n) is 1.63. The second kappa shape index (κ2) is 7.31. The van der Waals surface area contributed by atoms with Crippen LogP contribution in [0.5, 0.6) is 11.5 Å². The molecule has 21 heavy (non-hydrogen) atoms. The predicted molar refractivity (Wildman–Crippen MR) is 85.4 cm³/mol. The van der Waals surface area contributed by atoms with Gasteiger partial charge in [0.1, 0.15) is 6.61 Å². The van der Waals surface area contributed by atoms with Crippen molar-refractivity contribution in [2.24, 2.45) is 5.10 Å². The first-order valence-corrected chi connectivity index (χ1v) is 7.07. The molecule has 108 valence electrons. The molecule has 0 aliphatic carbocycles. The van der Waals surface area contributed by atoms with Crippen LogP contribution in [-0.2, 0) is 0 Å². The minimum atomic E-state index is 0.167. The molecule has 2 aromatic rings. The summed E-state index contributed by atoms with van der Waals surface area (Å²) in [6, 6.07) is 5.53. The minimum absolute atomic E-state index is 0.167. The molecule has 1 aromatic heterocycles. The van der Waals surface area contributed by atoms with Gasteiger partial charge in [-0.3, -0.25) is 5.43 Å². The van der Waals surface area contributed by atoms with Gasteiger partial charge in [0.15, 0.2) is 11.5 Å². The molecule has 0 unspecified atom stereocenters. The maximum absolute atomic E-state index is 5.52. The second-order valence-corrected chi connectivity index (χ2v) is 4.89. The lowest BCUT2D eigenvalue weighted by atomic mass is 10.2. The molecule has 2 rings (SSSR count). The summed E-state index contributed by atoms with van der Waals surface area (Å²) < 4.78 is 10.8. The number of ether oxygens (including phenoxy) is 2. The molecule has 0 bridgehead atoms. The Morgan fingerprint density at radius 2 is 2.38 bits per heavy atom. The van der Waals surface area contributed by atoms with Gasteiger partial charge in [0.05, 0.1) is 19.0 Å². The Balaban J connectivity index is 2.16. The number of terminal acetylenes is 1. The van der Waals surface area contributed by atoms with Gasteiger partial charge in [-0.2, -0.15) is 5.10 Å². The van der Waals surface area contributed by atoms with E-state index >= 15 is 0 Å². The van der Waals surface area contributed by atoms with Crippen LogP contribution in [0.3, 0.4) is 0 Å². The first kappa shape index (κ1) is 14.9. The van der Waals surface area contributed by atoms with Gasteiger partial charge in [0.25, 0.3) is 0 Å². The normalized spacial score (nSPS) is 10.3. The molecule has 5 nitrogen and oxygen atoms in total. The van der Waals surface area contributed by atoms with Crippen LogP contribution in [0.15, 0.2) is 28.7 Å². The Labute approximate surface area is 127 Å². The number of anilines is 1. The van der Waals surface area contributed by atoms with Crippen LogP contribution in [0, 0.1) is 19.3 Å². The first-order chi connectivity index (χ1) is 10.2. The number of aryl methyl sites for hydroxylation is 1. The summed E-state index contributed by atoms with van der Waals surface area (Å²) in [4.78, 5) is 4.26. The Kier molecular flexibility index (Phi) is 5.18. The number of rotatable bonds is 6. The number of aromatic nitrogens is 1. The molecule has 0 saturated heterocycles. The second-order valence-electron chi connectivity index (χ2n) is 4.04. The van der Waals surface area contributed by atoms with Crippen LogP contribution in [0.2, 0.25) is 0 Å². The standard InChI is InChI=1S/C15H15N3O2S/c1-4-8-20-14-12(6-5-7-13(14)19-3)9-16-18-15-17-11(2)10-21-15/h1,5-7,9-10H,8H2,2-3H3,(H,17,18). The molecule has 0 atom stereocenters. The van der Waals surface area contributed by atoms with Crippen molar-refractivity contribution in [1.82, 2.24) is 4.98 Å². The van der Waals surface area contributed by atoms with Crippen molar-refractivity contribution in [3.8, 4) is 23.8 Å². The average Bonchev–Trinajstić information content (AvgIpc) is 2.91. The number of hydrogen-bond acceptors (Lipinski definition) is 6. The van der Waals surface area contributed by atoms with Crippen LogP contribution in [-0.4, -0.2) is 24.9 Å². The van der Waals surface area contributed by atoms with Gasteiger partial charge < -0.3 is 9.47 Å².